The molecule has 0 fully saturated rings. The van der Waals surface area contributed by atoms with Crippen molar-refractivity contribution in [2.45, 2.75) is 64.7 Å². The van der Waals surface area contributed by atoms with Crippen LogP contribution in [-0.4, -0.2) is 58.1 Å². The van der Waals surface area contributed by atoms with E-state index in [0.717, 1.165) is 5.56 Å². The van der Waals surface area contributed by atoms with Crippen LogP contribution in [-0.2, 0) is 32.0 Å². The van der Waals surface area contributed by atoms with Crippen molar-refractivity contribution >= 4 is 23.7 Å². The zero-order chi connectivity index (χ0) is 28.4. The Morgan fingerprint density at radius 3 is 1.76 bits per heavy atom. The van der Waals surface area contributed by atoms with E-state index in [1.54, 1.807) is 39.8 Å². The number of phenolic OH excluding ortho intramolecular Hbond substituents is 1. The maximum atomic E-state index is 13.4. The Kier molecular flexibility index (Phi) is 11.3. The van der Waals surface area contributed by atoms with E-state index < -0.39 is 47.9 Å². The van der Waals surface area contributed by atoms with Crippen molar-refractivity contribution in [3.05, 3.63) is 65.7 Å². The molecule has 2 aromatic carbocycles. The summed E-state index contributed by atoms with van der Waals surface area (Å²) in [5.41, 5.74) is 7.38. The maximum Gasteiger partial charge on any atom is 0.326 e. The van der Waals surface area contributed by atoms with Crippen molar-refractivity contribution in [3.8, 4) is 5.75 Å². The number of aromatic hydroxyl groups is 1. The number of carboxylic acid groups (broad SMARTS) is 1. The van der Waals surface area contributed by atoms with Crippen LogP contribution >= 0.6 is 0 Å². The molecule has 0 aromatic heterocycles. The zero-order valence-corrected chi connectivity index (χ0v) is 22.2. The van der Waals surface area contributed by atoms with Crippen LogP contribution in [0.15, 0.2) is 54.6 Å². The second kappa shape index (κ2) is 14.1. The Hall–Kier alpha value is -3.92. The lowest BCUT2D eigenvalue weighted by Gasteiger charge is -2.27. The van der Waals surface area contributed by atoms with E-state index in [2.05, 4.69) is 16.0 Å². The summed E-state index contributed by atoms with van der Waals surface area (Å²) in [5.74, 6) is -3.46. The number of phenols is 1. The predicted molar refractivity (Wildman–Crippen MR) is 143 cm³/mol. The Bertz CT molecular complexity index is 1090. The fraction of sp³-hybridized carbons (Fsp3) is 0.429. The molecule has 0 saturated heterocycles. The van der Waals surface area contributed by atoms with Crippen LogP contribution in [0.2, 0.25) is 0 Å². The van der Waals surface area contributed by atoms with Gasteiger partial charge in [0.1, 0.15) is 23.9 Å². The van der Waals surface area contributed by atoms with Crippen molar-refractivity contribution in [3.63, 3.8) is 0 Å². The number of hydrogen-bond donors (Lipinski definition) is 6. The average molecular weight is 527 g/mol. The lowest BCUT2D eigenvalue weighted by atomic mass is 9.99. The highest BCUT2D eigenvalue weighted by Gasteiger charge is 2.32. The molecular formula is C28H38N4O6. The Morgan fingerprint density at radius 2 is 1.24 bits per heavy atom. The molecule has 0 spiro atoms. The standard InChI is InChI=1S/C28H38N4O6/c1-16(2)23(29)26(35)30-21(14-18-8-6-5-7-9-18)25(34)32-24(17(3)4)27(36)31-22(28(37)38)15-19-10-12-20(33)13-11-19/h5-13,16-17,21-24,33H,14-15,29H2,1-4H3,(H,30,35)(H,31,36)(H,32,34)(H,37,38)/t21-,22-,23-,24-/m0/s1. The summed E-state index contributed by atoms with van der Waals surface area (Å²) < 4.78 is 0. The highest BCUT2D eigenvalue weighted by molar-refractivity contribution is 5.94. The molecule has 0 bridgehead atoms. The van der Waals surface area contributed by atoms with Crippen molar-refractivity contribution in [2.75, 3.05) is 0 Å². The van der Waals surface area contributed by atoms with Crippen LogP contribution in [0.5, 0.6) is 5.75 Å². The molecule has 3 amide bonds. The molecule has 0 heterocycles. The highest BCUT2D eigenvalue weighted by Crippen LogP contribution is 2.13. The molecule has 7 N–H and O–H groups in total. The van der Waals surface area contributed by atoms with Gasteiger partial charge in [-0.25, -0.2) is 4.79 Å². The van der Waals surface area contributed by atoms with Crippen LogP contribution in [0.4, 0.5) is 0 Å². The summed E-state index contributed by atoms with van der Waals surface area (Å²) in [6, 6.07) is 11.0. The third-order valence-electron chi connectivity index (χ3n) is 6.17. The Morgan fingerprint density at radius 1 is 0.711 bits per heavy atom. The topological polar surface area (TPSA) is 171 Å². The molecule has 0 aliphatic heterocycles. The molecule has 10 nitrogen and oxygen atoms in total. The number of carbonyl (C=O) groups is 4. The SMILES string of the molecule is CC(C)[C@H](N)C(=O)N[C@@H](Cc1ccccc1)C(=O)N[C@H](C(=O)N[C@@H](Cc1ccc(O)cc1)C(=O)O)C(C)C. The number of nitrogens with one attached hydrogen (secondary N) is 3. The number of aliphatic carboxylic acids is 1. The minimum absolute atomic E-state index is 0.0140. The first-order valence-electron chi connectivity index (χ1n) is 12.6. The van der Waals surface area contributed by atoms with Crippen LogP contribution in [0, 0.1) is 11.8 Å². The number of amides is 3. The Labute approximate surface area is 223 Å². The van der Waals surface area contributed by atoms with Gasteiger partial charge in [0.15, 0.2) is 0 Å². The summed E-state index contributed by atoms with van der Waals surface area (Å²) in [7, 11) is 0. The van der Waals surface area contributed by atoms with E-state index in [1.165, 1.54) is 12.1 Å². The van der Waals surface area contributed by atoms with Gasteiger partial charge in [0.25, 0.3) is 0 Å². The fourth-order valence-corrected chi connectivity index (χ4v) is 3.75. The molecule has 2 rings (SSSR count). The van der Waals surface area contributed by atoms with Crippen LogP contribution < -0.4 is 21.7 Å². The number of carboxylic acids is 1. The number of benzene rings is 2. The van der Waals surface area contributed by atoms with Gasteiger partial charge in [0.05, 0.1) is 6.04 Å². The fourth-order valence-electron chi connectivity index (χ4n) is 3.75. The van der Waals surface area contributed by atoms with Gasteiger partial charge >= 0.3 is 5.97 Å². The van der Waals surface area contributed by atoms with Gasteiger partial charge in [-0.3, -0.25) is 14.4 Å². The molecular weight excluding hydrogens is 488 g/mol. The molecule has 0 aliphatic rings. The molecule has 0 saturated carbocycles. The second-order valence-electron chi connectivity index (χ2n) is 10.0. The van der Waals surface area contributed by atoms with E-state index in [9.17, 15) is 29.4 Å². The third-order valence-corrected chi connectivity index (χ3v) is 6.17. The number of hydrogen-bond acceptors (Lipinski definition) is 6. The lowest BCUT2D eigenvalue weighted by molar-refractivity contribution is -0.142. The molecule has 0 unspecified atom stereocenters. The lowest BCUT2D eigenvalue weighted by Crippen LogP contribution is -2.59. The minimum Gasteiger partial charge on any atom is -0.508 e. The van der Waals surface area contributed by atoms with Crippen LogP contribution in [0.25, 0.3) is 0 Å². The van der Waals surface area contributed by atoms with E-state index in [0.29, 0.717) is 5.56 Å². The largest absolute Gasteiger partial charge is 0.508 e. The molecule has 10 heteroatoms. The molecule has 2 aromatic rings. The van der Waals surface area contributed by atoms with Crippen molar-refractivity contribution in [2.24, 2.45) is 17.6 Å². The first kappa shape index (κ1) is 30.3. The highest BCUT2D eigenvalue weighted by atomic mass is 16.4. The van der Waals surface area contributed by atoms with Gasteiger partial charge in [-0.1, -0.05) is 70.2 Å². The summed E-state index contributed by atoms with van der Waals surface area (Å²) in [6.07, 6.45) is 0.161. The quantitative estimate of drug-likeness (QED) is 0.229. The molecule has 206 valence electrons. The monoisotopic (exact) mass is 526 g/mol. The number of rotatable bonds is 13. The zero-order valence-electron chi connectivity index (χ0n) is 22.2. The number of nitrogens with two attached hydrogens (primary N) is 1. The number of carbonyl (C=O) groups excluding carboxylic acids is 3. The van der Waals surface area contributed by atoms with Gasteiger partial charge in [0.2, 0.25) is 17.7 Å². The average Bonchev–Trinajstić information content (AvgIpc) is 2.87. The first-order chi connectivity index (χ1) is 17.9. The summed E-state index contributed by atoms with van der Waals surface area (Å²) >= 11 is 0. The molecule has 0 radical (unpaired) electrons. The second-order valence-corrected chi connectivity index (χ2v) is 10.0. The Balaban J connectivity index is 2.19. The van der Waals surface area contributed by atoms with Crippen molar-refractivity contribution in [1.29, 1.82) is 0 Å². The van der Waals surface area contributed by atoms with E-state index in [1.807, 2.05) is 30.3 Å². The van der Waals surface area contributed by atoms with Gasteiger partial charge in [0, 0.05) is 12.8 Å². The summed E-state index contributed by atoms with van der Waals surface area (Å²) in [5, 5.41) is 27.0. The van der Waals surface area contributed by atoms with Gasteiger partial charge in [-0.15, -0.1) is 0 Å². The van der Waals surface area contributed by atoms with Crippen molar-refractivity contribution < 1.29 is 29.4 Å². The molecule has 38 heavy (non-hydrogen) atoms. The molecule has 0 aliphatic carbocycles. The molecule has 4 atom stereocenters. The van der Waals surface area contributed by atoms with Gasteiger partial charge in [-0.05, 0) is 35.1 Å². The first-order valence-corrected chi connectivity index (χ1v) is 12.6. The third kappa shape index (κ3) is 9.19. The van der Waals surface area contributed by atoms with Crippen molar-refractivity contribution in [1.82, 2.24) is 16.0 Å². The van der Waals surface area contributed by atoms with E-state index in [4.69, 9.17) is 5.73 Å². The smallest absolute Gasteiger partial charge is 0.326 e. The maximum absolute atomic E-state index is 13.4. The predicted octanol–water partition coefficient (Wildman–Crippen LogP) is 1.36. The van der Waals surface area contributed by atoms with Gasteiger partial charge in [-0.2, -0.15) is 0 Å². The van der Waals surface area contributed by atoms with Crippen LogP contribution in [0.1, 0.15) is 38.8 Å². The van der Waals surface area contributed by atoms with Crippen LogP contribution in [0.3, 0.4) is 0 Å². The van der Waals surface area contributed by atoms with E-state index in [-0.39, 0.29) is 30.4 Å². The summed E-state index contributed by atoms with van der Waals surface area (Å²) in [4.78, 5) is 51.0. The van der Waals surface area contributed by atoms with E-state index >= 15 is 0 Å². The summed E-state index contributed by atoms with van der Waals surface area (Å²) in [6.45, 7) is 7.04. The van der Waals surface area contributed by atoms with Gasteiger partial charge < -0.3 is 31.9 Å². The minimum atomic E-state index is -1.26. The normalized spacial score (nSPS) is 14.3.